The van der Waals surface area contributed by atoms with Crippen LogP contribution in [0.2, 0.25) is 0 Å². The summed E-state index contributed by atoms with van der Waals surface area (Å²) >= 11 is 0. The van der Waals surface area contributed by atoms with Crippen molar-refractivity contribution >= 4 is 6.41 Å². The van der Waals surface area contributed by atoms with Crippen LogP contribution in [-0.4, -0.2) is 32.0 Å². The second kappa shape index (κ2) is 6.06. The molecule has 1 aromatic carbocycles. The van der Waals surface area contributed by atoms with Crippen molar-refractivity contribution in [1.29, 1.82) is 0 Å². The van der Waals surface area contributed by atoms with E-state index in [0.717, 1.165) is 31.5 Å². The smallest absolute Gasteiger partial charge is 0.209 e. The molecular weight excluding hydrogens is 190 g/mol. The normalized spacial score (nSPS) is 9.73. The van der Waals surface area contributed by atoms with Gasteiger partial charge in [-0.25, -0.2) is 0 Å². The Morgan fingerprint density at radius 3 is 2.53 bits per heavy atom. The predicted molar refractivity (Wildman–Crippen MR) is 60.0 cm³/mol. The van der Waals surface area contributed by atoms with Crippen LogP contribution < -0.4 is 4.74 Å². The second-order valence-corrected chi connectivity index (χ2v) is 3.54. The van der Waals surface area contributed by atoms with Gasteiger partial charge in [0.25, 0.3) is 0 Å². The van der Waals surface area contributed by atoms with Crippen LogP contribution in [0.5, 0.6) is 5.75 Å². The zero-order valence-electron chi connectivity index (χ0n) is 9.27. The summed E-state index contributed by atoms with van der Waals surface area (Å²) in [6.07, 6.45) is 2.83. The molecule has 1 amide bonds. The van der Waals surface area contributed by atoms with E-state index < -0.39 is 0 Å². The van der Waals surface area contributed by atoms with Gasteiger partial charge in [-0.3, -0.25) is 4.79 Å². The fourth-order valence-corrected chi connectivity index (χ4v) is 1.38. The number of carbonyl (C=O) groups excluding carboxylic acids is 1. The van der Waals surface area contributed by atoms with Crippen LogP contribution in [0.25, 0.3) is 0 Å². The van der Waals surface area contributed by atoms with Crippen LogP contribution in [0.15, 0.2) is 24.3 Å². The third-order valence-electron chi connectivity index (χ3n) is 2.32. The van der Waals surface area contributed by atoms with Gasteiger partial charge in [0.05, 0.1) is 7.11 Å². The lowest BCUT2D eigenvalue weighted by atomic mass is 10.1. The van der Waals surface area contributed by atoms with Crippen molar-refractivity contribution in [2.45, 2.75) is 12.8 Å². The summed E-state index contributed by atoms with van der Waals surface area (Å²) in [4.78, 5) is 12.0. The van der Waals surface area contributed by atoms with Crippen molar-refractivity contribution in [3.05, 3.63) is 29.8 Å². The molecule has 0 N–H and O–H groups in total. The number of nitrogens with zero attached hydrogens (tertiary/aromatic N) is 1. The van der Waals surface area contributed by atoms with E-state index in [9.17, 15) is 4.79 Å². The minimum Gasteiger partial charge on any atom is -0.497 e. The molecule has 0 bridgehead atoms. The van der Waals surface area contributed by atoms with Gasteiger partial charge >= 0.3 is 0 Å². The lowest BCUT2D eigenvalue weighted by Crippen LogP contribution is -2.17. The van der Waals surface area contributed by atoms with Gasteiger partial charge in [0.15, 0.2) is 0 Å². The minimum atomic E-state index is 0.801. The maximum absolute atomic E-state index is 10.3. The Morgan fingerprint density at radius 1 is 1.33 bits per heavy atom. The van der Waals surface area contributed by atoms with Crippen molar-refractivity contribution < 1.29 is 9.53 Å². The molecule has 0 fully saturated rings. The molecule has 0 aliphatic carbocycles. The lowest BCUT2D eigenvalue weighted by molar-refractivity contribution is -0.117. The highest BCUT2D eigenvalue weighted by Crippen LogP contribution is 2.12. The summed E-state index contributed by atoms with van der Waals surface area (Å²) in [7, 11) is 3.45. The number of amides is 1. The molecule has 3 nitrogen and oxygen atoms in total. The first kappa shape index (κ1) is 11.6. The molecule has 1 rings (SSSR count). The van der Waals surface area contributed by atoms with Gasteiger partial charge in [-0.05, 0) is 30.5 Å². The number of benzene rings is 1. The number of hydrogen-bond acceptors (Lipinski definition) is 2. The van der Waals surface area contributed by atoms with E-state index in [2.05, 4.69) is 12.1 Å². The van der Waals surface area contributed by atoms with Crippen LogP contribution in [0, 0.1) is 0 Å². The van der Waals surface area contributed by atoms with Gasteiger partial charge < -0.3 is 9.64 Å². The Morgan fingerprint density at radius 2 is 2.00 bits per heavy atom. The first-order chi connectivity index (χ1) is 7.26. The topological polar surface area (TPSA) is 29.5 Å². The largest absolute Gasteiger partial charge is 0.497 e. The molecule has 1 aromatic rings. The van der Waals surface area contributed by atoms with Gasteiger partial charge in [0.2, 0.25) is 6.41 Å². The van der Waals surface area contributed by atoms with E-state index >= 15 is 0 Å². The molecule has 15 heavy (non-hydrogen) atoms. The van der Waals surface area contributed by atoms with Gasteiger partial charge in [0, 0.05) is 13.6 Å². The summed E-state index contributed by atoms with van der Waals surface area (Å²) < 4.78 is 5.07. The number of aryl methyl sites for hydroxylation is 1. The highest BCUT2D eigenvalue weighted by atomic mass is 16.5. The highest BCUT2D eigenvalue weighted by molar-refractivity contribution is 5.46. The average molecular weight is 207 g/mol. The van der Waals surface area contributed by atoms with Crippen LogP contribution in [0.3, 0.4) is 0 Å². The molecule has 3 heteroatoms. The third-order valence-corrected chi connectivity index (χ3v) is 2.32. The number of methoxy groups -OCH3 is 1. The lowest BCUT2D eigenvalue weighted by Gasteiger charge is -2.09. The Kier molecular flexibility index (Phi) is 4.68. The first-order valence-corrected chi connectivity index (χ1v) is 5.04. The van der Waals surface area contributed by atoms with Gasteiger partial charge in [-0.2, -0.15) is 0 Å². The van der Waals surface area contributed by atoms with Crippen LogP contribution in [0.1, 0.15) is 12.0 Å². The summed E-state index contributed by atoms with van der Waals surface area (Å²) in [5, 5.41) is 0. The zero-order chi connectivity index (χ0) is 11.1. The van der Waals surface area contributed by atoms with Gasteiger partial charge in [-0.15, -0.1) is 0 Å². The quantitative estimate of drug-likeness (QED) is 0.665. The van der Waals surface area contributed by atoms with Crippen LogP contribution in [-0.2, 0) is 11.2 Å². The van der Waals surface area contributed by atoms with Gasteiger partial charge in [0.1, 0.15) is 5.75 Å². The standard InChI is InChI=1S/C12H17NO2/c1-13(10-14)9-3-4-11-5-7-12(15-2)8-6-11/h5-8,10H,3-4,9H2,1-2H3. The molecule has 0 aliphatic rings. The molecule has 0 saturated heterocycles. The highest BCUT2D eigenvalue weighted by Gasteiger charge is 1.96. The number of carbonyl (C=O) groups is 1. The minimum absolute atomic E-state index is 0.801. The maximum Gasteiger partial charge on any atom is 0.209 e. The number of ether oxygens (including phenoxy) is 1. The maximum atomic E-state index is 10.3. The summed E-state index contributed by atoms with van der Waals surface area (Å²) in [5.41, 5.74) is 1.27. The van der Waals surface area contributed by atoms with E-state index in [-0.39, 0.29) is 0 Å². The number of rotatable bonds is 6. The Balaban J connectivity index is 2.34. The van der Waals surface area contributed by atoms with Crippen molar-refractivity contribution in [2.24, 2.45) is 0 Å². The van der Waals surface area contributed by atoms with Crippen LogP contribution in [0.4, 0.5) is 0 Å². The molecule has 0 heterocycles. The van der Waals surface area contributed by atoms with Gasteiger partial charge in [-0.1, -0.05) is 12.1 Å². The van der Waals surface area contributed by atoms with E-state index in [4.69, 9.17) is 4.74 Å². The SMILES string of the molecule is COc1ccc(CCCN(C)C=O)cc1. The second-order valence-electron chi connectivity index (χ2n) is 3.54. The first-order valence-electron chi connectivity index (χ1n) is 5.04. The molecule has 0 saturated carbocycles. The molecule has 82 valence electrons. The van der Waals surface area contributed by atoms with E-state index in [1.165, 1.54) is 5.56 Å². The van der Waals surface area contributed by atoms with E-state index in [1.807, 2.05) is 12.1 Å². The molecule has 0 atom stereocenters. The Labute approximate surface area is 90.7 Å². The fraction of sp³-hybridized carbons (Fsp3) is 0.417. The molecular formula is C12H17NO2. The molecule has 0 aliphatic heterocycles. The predicted octanol–water partition coefficient (Wildman–Crippen LogP) is 1.72. The third kappa shape index (κ3) is 4.02. The van der Waals surface area contributed by atoms with Crippen LogP contribution >= 0.6 is 0 Å². The Bertz CT molecular complexity index is 295. The van der Waals surface area contributed by atoms with E-state index in [0.29, 0.717) is 0 Å². The van der Waals surface area contributed by atoms with Crippen molar-refractivity contribution in [1.82, 2.24) is 4.90 Å². The molecule has 0 unspecified atom stereocenters. The summed E-state index contributed by atoms with van der Waals surface area (Å²) in [5.74, 6) is 0.878. The molecule has 0 aromatic heterocycles. The zero-order valence-corrected chi connectivity index (χ0v) is 9.27. The van der Waals surface area contributed by atoms with Crippen molar-refractivity contribution in [2.75, 3.05) is 20.7 Å². The monoisotopic (exact) mass is 207 g/mol. The molecule has 0 spiro atoms. The summed E-state index contributed by atoms with van der Waals surface area (Å²) in [6.45, 7) is 0.801. The van der Waals surface area contributed by atoms with Crippen molar-refractivity contribution in [3.8, 4) is 5.75 Å². The fourth-order valence-electron chi connectivity index (χ4n) is 1.38. The Hall–Kier alpha value is -1.51. The van der Waals surface area contributed by atoms with E-state index in [1.54, 1.807) is 19.1 Å². The van der Waals surface area contributed by atoms with Crippen molar-refractivity contribution in [3.63, 3.8) is 0 Å². The molecule has 0 radical (unpaired) electrons. The average Bonchev–Trinajstić information content (AvgIpc) is 2.29. The number of hydrogen-bond donors (Lipinski definition) is 0. The summed E-state index contributed by atoms with van der Waals surface area (Å²) in [6, 6.07) is 8.02.